The first-order valence-corrected chi connectivity index (χ1v) is 7.38. The zero-order chi connectivity index (χ0) is 15.2. The van der Waals surface area contributed by atoms with Crippen molar-refractivity contribution in [3.05, 3.63) is 34.4 Å². The second-order valence-corrected chi connectivity index (χ2v) is 5.41. The Morgan fingerprint density at radius 1 is 1.48 bits per heavy atom. The van der Waals surface area contributed by atoms with Gasteiger partial charge >= 0.3 is 5.69 Å². The summed E-state index contributed by atoms with van der Waals surface area (Å²) in [4.78, 5) is 12.7. The van der Waals surface area contributed by atoms with Crippen LogP contribution in [0.2, 0.25) is 0 Å². The maximum absolute atomic E-state index is 10.9. The summed E-state index contributed by atoms with van der Waals surface area (Å²) in [6.45, 7) is 3.80. The Morgan fingerprint density at radius 3 is 2.95 bits per heavy atom. The zero-order valence-corrected chi connectivity index (χ0v) is 12.3. The van der Waals surface area contributed by atoms with E-state index >= 15 is 0 Å². The molecule has 2 atom stereocenters. The minimum atomic E-state index is -0.436. The molecule has 1 aromatic rings. The highest BCUT2D eigenvalue weighted by Gasteiger charge is 2.26. The molecule has 1 aliphatic heterocycles. The number of nitro benzene ring substituents is 1. The van der Waals surface area contributed by atoms with Gasteiger partial charge in [0.25, 0.3) is 0 Å². The lowest BCUT2D eigenvalue weighted by Gasteiger charge is -2.37. The fourth-order valence-electron chi connectivity index (χ4n) is 2.84. The number of nitro groups is 1. The van der Waals surface area contributed by atoms with Crippen molar-refractivity contribution in [2.45, 2.75) is 38.3 Å². The van der Waals surface area contributed by atoms with Crippen LogP contribution in [0.3, 0.4) is 0 Å². The van der Waals surface area contributed by atoms with Crippen LogP contribution in [0, 0.1) is 10.1 Å². The summed E-state index contributed by atoms with van der Waals surface area (Å²) in [6.07, 6.45) is 2.88. The maximum atomic E-state index is 10.9. The molecule has 0 spiro atoms. The van der Waals surface area contributed by atoms with Gasteiger partial charge in [0.05, 0.1) is 11.0 Å². The Hall–Kier alpha value is -1.66. The normalized spacial score (nSPS) is 21.0. The number of benzene rings is 1. The molecule has 0 saturated carbocycles. The van der Waals surface area contributed by atoms with Crippen LogP contribution in [0.1, 0.15) is 26.2 Å². The van der Waals surface area contributed by atoms with Crippen LogP contribution in [0.5, 0.6) is 5.75 Å². The number of likely N-dealkylation sites (tertiary alicyclic amines) is 1. The third-order valence-corrected chi connectivity index (χ3v) is 3.92. The molecular formula is C15H22N2O4. The van der Waals surface area contributed by atoms with Crippen molar-refractivity contribution in [2.75, 3.05) is 19.7 Å². The molecule has 1 heterocycles. The first-order valence-electron chi connectivity index (χ1n) is 7.38. The van der Waals surface area contributed by atoms with Gasteiger partial charge in [0.2, 0.25) is 0 Å². The number of nitrogens with zero attached hydrogens (tertiary/aromatic N) is 2. The van der Waals surface area contributed by atoms with Crippen molar-refractivity contribution < 1.29 is 14.8 Å². The third-order valence-electron chi connectivity index (χ3n) is 3.92. The van der Waals surface area contributed by atoms with Gasteiger partial charge in [-0.25, -0.2) is 0 Å². The van der Waals surface area contributed by atoms with Crippen LogP contribution in [0.15, 0.2) is 24.3 Å². The molecule has 0 amide bonds. The Balaban J connectivity index is 1.90. The van der Waals surface area contributed by atoms with E-state index in [4.69, 9.17) is 4.74 Å². The number of aliphatic hydroxyl groups is 1. The van der Waals surface area contributed by atoms with Crippen molar-refractivity contribution >= 4 is 5.69 Å². The van der Waals surface area contributed by atoms with Crippen molar-refractivity contribution in [1.82, 2.24) is 4.90 Å². The first kappa shape index (κ1) is 15.7. The van der Waals surface area contributed by atoms with Gasteiger partial charge in [-0.05, 0) is 32.4 Å². The fraction of sp³-hybridized carbons (Fsp3) is 0.600. The zero-order valence-electron chi connectivity index (χ0n) is 12.3. The maximum Gasteiger partial charge on any atom is 0.310 e. The largest absolute Gasteiger partial charge is 0.485 e. The lowest BCUT2D eigenvalue weighted by atomic mass is 9.98. The van der Waals surface area contributed by atoms with E-state index in [1.165, 1.54) is 6.07 Å². The molecule has 1 aliphatic rings. The van der Waals surface area contributed by atoms with E-state index in [1.807, 2.05) is 6.92 Å². The summed E-state index contributed by atoms with van der Waals surface area (Å²) in [5.41, 5.74) is -0.0109. The lowest BCUT2D eigenvalue weighted by molar-refractivity contribution is -0.385. The highest BCUT2D eigenvalue weighted by atomic mass is 16.6. The minimum Gasteiger partial charge on any atom is -0.485 e. The molecule has 1 N–H and O–H groups in total. The fourth-order valence-corrected chi connectivity index (χ4v) is 2.84. The molecule has 0 unspecified atom stereocenters. The Morgan fingerprint density at radius 2 is 2.24 bits per heavy atom. The third kappa shape index (κ3) is 4.15. The van der Waals surface area contributed by atoms with E-state index in [-0.39, 0.29) is 17.8 Å². The predicted octanol–water partition coefficient (Wildman–Crippen LogP) is 2.21. The predicted molar refractivity (Wildman–Crippen MR) is 79.5 cm³/mol. The SMILES string of the molecule is C[C@H](O)[C@@H]1CCCCN1CCOc1ccccc1[N+](=O)[O-]. The highest BCUT2D eigenvalue weighted by molar-refractivity contribution is 5.45. The van der Waals surface area contributed by atoms with Gasteiger partial charge in [-0.15, -0.1) is 0 Å². The molecule has 0 bridgehead atoms. The lowest BCUT2D eigenvalue weighted by Crippen LogP contribution is -2.47. The van der Waals surface area contributed by atoms with Gasteiger partial charge in [0.15, 0.2) is 5.75 Å². The number of ether oxygens (including phenoxy) is 1. The molecule has 1 aromatic carbocycles. The van der Waals surface area contributed by atoms with Crippen molar-refractivity contribution in [2.24, 2.45) is 0 Å². The standard InChI is InChI=1S/C15H22N2O4/c1-12(18)13-6-4-5-9-16(13)10-11-21-15-8-3-2-7-14(15)17(19)20/h2-3,7-8,12-13,18H,4-6,9-11H2,1H3/t12-,13-/m0/s1. The summed E-state index contributed by atoms with van der Waals surface area (Å²) < 4.78 is 5.56. The molecule has 0 aliphatic carbocycles. The molecule has 21 heavy (non-hydrogen) atoms. The first-order chi connectivity index (χ1) is 10.1. The summed E-state index contributed by atoms with van der Waals surface area (Å²) in [7, 11) is 0. The van der Waals surface area contributed by atoms with Crippen LogP contribution < -0.4 is 4.74 Å². The number of hydrogen-bond acceptors (Lipinski definition) is 5. The second kappa shape index (κ2) is 7.38. The van der Waals surface area contributed by atoms with Crippen LogP contribution in [0.4, 0.5) is 5.69 Å². The van der Waals surface area contributed by atoms with Gasteiger partial charge in [-0.1, -0.05) is 18.6 Å². The van der Waals surface area contributed by atoms with E-state index in [0.717, 1.165) is 25.8 Å². The Kier molecular flexibility index (Phi) is 5.52. The van der Waals surface area contributed by atoms with Crippen molar-refractivity contribution in [3.8, 4) is 5.75 Å². The molecule has 1 saturated heterocycles. The average Bonchev–Trinajstić information content (AvgIpc) is 2.48. The van der Waals surface area contributed by atoms with E-state index in [0.29, 0.717) is 18.9 Å². The molecule has 2 rings (SSSR count). The van der Waals surface area contributed by atoms with E-state index in [1.54, 1.807) is 18.2 Å². The van der Waals surface area contributed by atoms with Gasteiger partial charge in [-0.3, -0.25) is 15.0 Å². The van der Waals surface area contributed by atoms with Gasteiger partial charge in [-0.2, -0.15) is 0 Å². The number of aliphatic hydroxyl groups excluding tert-OH is 1. The molecule has 0 aromatic heterocycles. The van der Waals surface area contributed by atoms with Crippen LogP contribution in [0.25, 0.3) is 0 Å². The average molecular weight is 294 g/mol. The highest BCUT2D eigenvalue weighted by Crippen LogP contribution is 2.26. The quantitative estimate of drug-likeness (QED) is 0.643. The second-order valence-electron chi connectivity index (χ2n) is 5.41. The van der Waals surface area contributed by atoms with E-state index in [2.05, 4.69) is 4.90 Å². The van der Waals surface area contributed by atoms with Gasteiger partial charge < -0.3 is 9.84 Å². The van der Waals surface area contributed by atoms with Crippen LogP contribution in [-0.4, -0.2) is 46.8 Å². The van der Waals surface area contributed by atoms with Crippen molar-refractivity contribution in [1.29, 1.82) is 0 Å². The number of hydrogen-bond donors (Lipinski definition) is 1. The molecule has 0 radical (unpaired) electrons. The smallest absolute Gasteiger partial charge is 0.310 e. The molecule has 116 valence electrons. The van der Waals surface area contributed by atoms with Crippen LogP contribution in [-0.2, 0) is 0 Å². The minimum absolute atomic E-state index is 0.0109. The van der Waals surface area contributed by atoms with E-state index < -0.39 is 4.92 Å². The molecular weight excluding hydrogens is 272 g/mol. The number of rotatable bonds is 6. The number of para-hydroxylation sites is 2. The molecule has 6 heteroatoms. The summed E-state index contributed by atoms with van der Waals surface area (Å²) >= 11 is 0. The van der Waals surface area contributed by atoms with Gasteiger partial charge in [0, 0.05) is 18.7 Å². The Bertz CT molecular complexity index is 478. The number of piperidine rings is 1. The van der Waals surface area contributed by atoms with E-state index in [9.17, 15) is 15.2 Å². The summed E-state index contributed by atoms with van der Waals surface area (Å²) in [6, 6.07) is 6.56. The molecule has 1 fully saturated rings. The van der Waals surface area contributed by atoms with Gasteiger partial charge in [0.1, 0.15) is 6.61 Å². The van der Waals surface area contributed by atoms with Crippen molar-refractivity contribution in [3.63, 3.8) is 0 Å². The summed E-state index contributed by atoms with van der Waals surface area (Å²) in [5.74, 6) is 0.299. The topological polar surface area (TPSA) is 75.8 Å². The Labute approximate surface area is 124 Å². The summed E-state index contributed by atoms with van der Waals surface area (Å²) in [5, 5.41) is 20.7. The monoisotopic (exact) mass is 294 g/mol. The molecule has 6 nitrogen and oxygen atoms in total. The van der Waals surface area contributed by atoms with Crippen LogP contribution >= 0.6 is 0 Å².